The largest absolute Gasteiger partial charge is 0.360 e. The van der Waals surface area contributed by atoms with E-state index in [4.69, 9.17) is 5.26 Å². The standard InChI is InChI=1S/C9H5N3O2/c10-5-6-1-2-8(12(13)14)7-3-4-11-9(6)7/h1-4,11H. The van der Waals surface area contributed by atoms with Crippen LogP contribution in [0.25, 0.3) is 10.9 Å². The highest BCUT2D eigenvalue weighted by Gasteiger charge is 2.14. The lowest BCUT2D eigenvalue weighted by Gasteiger charge is -1.95. The van der Waals surface area contributed by atoms with Gasteiger partial charge in [-0.2, -0.15) is 5.26 Å². The third-order valence-electron chi connectivity index (χ3n) is 2.02. The van der Waals surface area contributed by atoms with Crippen LogP contribution in [0.4, 0.5) is 5.69 Å². The fraction of sp³-hybridized carbons (Fsp3) is 0. The van der Waals surface area contributed by atoms with E-state index < -0.39 is 4.92 Å². The summed E-state index contributed by atoms with van der Waals surface area (Å²) in [5, 5.41) is 19.8. The number of fused-ring (bicyclic) bond motifs is 1. The van der Waals surface area contributed by atoms with Crippen LogP contribution in [0.3, 0.4) is 0 Å². The second-order valence-electron chi connectivity index (χ2n) is 2.77. The molecule has 0 amide bonds. The topological polar surface area (TPSA) is 82.7 Å². The monoisotopic (exact) mass is 187 g/mol. The fourth-order valence-corrected chi connectivity index (χ4v) is 1.39. The summed E-state index contributed by atoms with van der Waals surface area (Å²) in [6, 6.07) is 6.34. The summed E-state index contributed by atoms with van der Waals surface area (Å²) in [7, 11) is 0. The van der Waals surface area contributed by atoms with Crippen molar-refractivity contribution in [2.24, 2.45) is 0 Å². The van der Waals surface area contributed by atoms with Crippen molar-refractivity contribution in [2.45, 2.75) is 0 Å². The third-order valence-corrected chi connectivity index (χ3v) is 2.02. The number of nitriles is 1. The molecule has 0 aliphatic carbocycles. The Balaban J connectivity index is 2.87. The molecule has 5 nitrogen and oxygen atoms in total. The molecule has 2 aromatic rings. The SMILES string of the molecule is N#Cc1ccc([N+](=O)[O-])c2cc[nH]c12. The first-order valence-corrected chi connectivity index (χ1v) is 3.88. The van der Waals surface area contributed by atoms with Crippen molar-refractivity contribution >= 4 is 16.6 Å². The minimum Gasteiger partial charge on any atom is -0.360 e. The molecule has 0 aliphatic heterocycles. The Morgan fingerprint density at radius 2 is 2.21 bits per heavy atom. The van der Waals surface area contributed by atoms with Gasteiger partial charge in [0.05, 0.1) is 21.4 Å². The summed E-state index contributed by atoms with van der Waals surface area (Å²) in [4.78, 5) is 13.0. The van der Waals surface area contributed by atoms with Gasteiger partial charge in [0.25, 0.3) is 5.69 Å². The van der Waals surface area contributed by atoms with Gasteiger partial charge in [0.2, 0.25) is 0 Å². The number of nitrogens with zero attached hydrogens (tertiary/aromatic N) is 2. The fourth-order valence-electron chi connectivity index (χ4n) is 1.39. The van der Waals surface area contributed by atoms with E-state index in [1.54, 1.807) is 12.3 Å². The van der Waals surface area contributed by atoms with Crippen LogP contribution in [-0.4, -0.2) is 9.91 Å². The van der Waals surface area contributed by atoms with E-state index in [-0.39, 0.29) is 5.69 Å². The van der Waals surface area contributed by atoms with Crippen molar-refractivity contribution in [3.05, 3.63) is 40.1 Å². The van der Waals surface area contributed by atoms with Crippen LogP contribution in [0.5, 0.6) is 0 Å². The van der Waals surface area contributed by atoms with Gasteiger partial charge < -0.3 is 4.98 Å². The quantitative estimate of drug-likeness (QED) is 0.547. The number of hydrogen-bond donors (Lipinski definition) is 1. The Bertz CT molecular complexity index is 551. The molecular weight excluding hydrogens is 182 g/mol. The first-order chi connectivity index (χ1) is 6.74. The van der Waals surface area contributed by atoms with Crippen molar-refractivity contribution in [3.8, 4) is 6.07 Å². The number of aromatic amines is 1. The Morgan fingerprint density at radius 3 is 2.86 bits per heavy atom. The lowest BCUT2D eigenvalue weighted by Crippen LogP contribution is -1.89. The highest BCUT2D eigenvalue weighted by Crippen LogP contribution is 2.26. The molecule has 0 aliphatic rings. The van der Waals surface area contributed by atoms with Crippen LogP contribution in [0, 0.1) is 21.4 Å². The first-order valence-electron chi connectivity index (χ1n) is 3.88. The van der Waals surface area contributed by atoms with E-state index in [2.05, 4.69) is 4.98 Å². The van der Waals surface area contributed by atoms with Crippen LogP contribution < -0.4 is 0 Å². The Labute approximate surface area is 78.7 Å². The summed E-state index contributed by atoms with van der Waals surface area (Å²) in [5.74, 6) is 0. The number of nitrogens with one attached hydrogen (secondary N) is 1. The van der Waals surface area contributed by atoms with E-state index in [0.717, 1.165) is 0 Å². The summed E-state index contributed by atoms with van der Waals surface area (Å²) < 4.78 is 0. The van der Waals surface area contributed by atoms with E-state index in [1.165, 1.54) is 12.1 Å². The molecule has 1 heterocycles. The van der Waals surface area contributed by atoms with Crippen LogP contribution in [-0.2, 0) is 0 Å². The highest BCUT2D eigenvalue weighted by atomic mass is 16.6. The maximum absolute atomic E-state index is 10.6. The number of non-ortho nitro benzene ring substituents is 1. The van der Waals surface area contributed by atoms with Crippen molar-refractivity contribution in [1.29, 1.82) is 5.26 Å². The minimum atomic E-state index is -0.461. The molecule has 0 fully saturated rings. The molecular formula is C9H5N3O2. The van der Waals surface area contributed by atoms with Gasteiger partial charge in [-0.15, -0.1) is 0 Å². The molecule has 0 unspecified atom stereocenters. The molecule has 0 spiro atoms. The van der Waals surface area contributed by atoms with Crippen LogP contribution >= 0.6 is 0 Å². The normalized spacial score (nSPS) is 9.93. The van der Waals surface area contributed by atoms with E-state index >= 15 is 0 Å². The Hall–Kier alpha value is -2.35. The van der Waals surface area contributed by atoms with Crippen LogP contribution in [0.1, 0.15) is 5.56 Å². The molecule has 0 radical (unpaired) electrons. The Kier molecular flexibility index (Phi) is 1.68. The van der Waals surface area contributed by atoms with Gasteiger partial charge in [-0.25, -0.2) is 0 Å². The second-order valence-corrected chi connectivity index (χ2v) is 2.77. The zero-order valence-electron chi connectivity index (χ0n) is 7.02. The van der Waals surface area contributed by atoms with Gasteiger partial charge in [-0.3, -0.25) is 10.1 Å². The lowest BCUT2D eigenvalue weighted by molar-refractivity contribution is -0.383. The average molecular weight is 187 g/mol. The predicted molar refractivity (Wildman–Crippen MR) is 49.7 cm³/mol. The average Bonchev–Trinajstić information content (AvgIpc) is 2.64. The summed E-state index contributed by atoms with van der Waals surface area (Å²) in [6.45, 7) is 0. The summed E-state index contributed by atoms with van der Waals surface area (Å²) >= 11 is 0. The van der Waals surface area contributed by atoms with Crippen molar-refractivity contribution in [2.75, 3.05) is 0 Å². The van der Waals surface area contributed by atoms with Crippen molar-refractivity contribution in [3.63, 3.8) is 0 Å². The van der Waals surface area contributed by atoms with Crippen LogP contribution in [0.15, 0.2) is 24.4 Å². The van der Waals surface area contributed by atoms with Gasteiger partial charge >= 0.3 is 0 Å². The lowest BCUT2D eigenvalue weighted by atomic mass is 10.1. The molecule has 5 heteroatoms. The summed E-state index contributed by atoms with van der Waals surface area (Å²) in [6.07, 6.45) is 1.58. The number of hydrogen-bond acceptors (Lipinski definition) is 3. The molecule has 0 bridgehead atoms. The molecule has 1 aromatic carbocycles. The molecule has 14 heavy (non-hydrogen) atoms. The minimum absolute atomic E-state index is 0.0141. The zero-order valence-corrected chi connectivity index (χ0v) is 7.02. The van der Waals surface area contributed by atoms with Gasteiger partial charge in [0.1, 0.15) is 6.07 Å². The van der Waals surface area contributed by atoms with E-state index in [1.807, 2.05) is 6.07 Å². The molecule has 0 atom stereocenters. The van der Waals surface area contributed by atoms with Gasteiger partial charge in [0.15, 0.2) is 0 Å². The number of nitro groups is 1. The maximum atomic E-state index is 10.6. The van der Waals surface area contributed by atoms with Gasteiger partial charge in [0, 0.05) is 12.3 Å². The third kappa shape index (κ3) is 1.02. The van der Waals surface area contributed by atoms with E-state index in [0.29, 0.717) is 16.5 Å². The zero-order chi connectivity index (χ0) is 10.1. The van der Waals surface area contributed by atoms with Gasteiger partial charge in [-0.05, 0) is 12.1 Å². The van der Waals surface area contributed by atoms with Gasteiger partial charge in [-0.1, -0.05) is 0 Å². The highest BCUT2D eigenvalue weighted by molar-refractivity contribution is 5.92. The van der Waals surface area contributed by atoms with E-state index in [9.17, 15) is 10.1 Å². The molecule has 68 valence electrons. The van der Waals surface area contributed by atoms with Crippen molar-refractivity contribution in [1.82, 2.24) is 4.98 Å². The number of H-pyrrole nitrogens is 1. The summed E-state index contributed by atoms with van der Waals surface area (Å²) in [5.41, 5.74) is 0.942. The smallest absolute Gasteiger partial charge is 0.278 e. The molecule has 0 saturated carbocycles. The number of benzene rings is 1. The maximum Gasteiger partial charge on any atom is 0.278 e. The van der Waals surface area contributed by atoms with Crippen LogP contribution in [0.2, 0.25) is 0 Å². The predicted octanol–water partition coefficient (Wildman–Crippen LogP) is 1.95. The molecule has 2 rings (SSSR count). The number of rotatable bonds is 1. The second kappa shape index (κ2) is 2.85. The molecule has 0 saturated heterocycles. The first kappa shape index (κ1) is 8.26. The van der Waals surface area contributed by atoms with Crippen molar-refractivity contribution < 1.29 is 4.92 Å². The molecule has 1 aromatic heterocycles. The number of nitro benzene ring substituents is 1. The number of aromatic nitrogens is 1. The molecule has 1 N–H and O–H groups in total. The Morgan fingerprint density at radius 1 is 1.43 bits per heavy atom.